The number of carbonyl (C=O) groups is 2. The molecule has 0 fully saturated rings. The number of fused-ring (bicyclic) bond motifs is 2. The van der Waals surface area contributed by atoms with E-state index in [1.54, 1.807) is 24.4 Å². The van der Waals surface area contributed by atoms with E-state index in [1.165, 1.54) is 0 Å². The molecule has 0 saturated carbocycles. The normalized spacial score (nSPS) is 12.3. The Balaban J connectivity index is 1.46. The molecule has 2 aromatic carbocycles. The fourth-order valence-electron chi connectivity index (χ4n) is 2.60. The van der Waals surface area contributed by atoms with E-state index in [1.807, 2.05) is 24.3 Å². The number of para-hydroxylation sites is 1. The minimum atomic E-state index is -0.540. The lowest BCUT2D eigenvalue weighted by atomic mass is 10.1. The van der Waals surface area contributed by atoms with Gasteiger partial charge in [-0.05, 0) is 24.3 Å². The summed E-state index contributed by atoms with van der Waals surface area (Å²) in [7, 11) is 0. The first-order valence-electron chi connectivity index (χ1n) is 7.38. The molecule has 0 aliphatic carbocycles. The molecule has 1 aliphatic heterocycles. The van der Waals surface area contributed by atoms with Crippen molar-refractivity contribution >= 4 is 22.7 Å². The van der Waals surface area contributed by atoms with Gasteiger partial charge < -0.3 is 19.2 Å². The lowest BCUT2D eigenvalue weighted by Crippen LogP contribution is -2.14. The van der Waals surface area contributed by atoms with Gasteiger partial charge in [-0.2, -0.15) is 0 Å². The number of hydrogen-bond acceptors (Lipinski definition) is 5. The number of aromatic nitrogens is 1. The van der Waals surface area contributed by atoms with Gasteiger partial charge in [0.15, 0.2) is 23.9 Å². The van der Waals surface area contributed by atoms with Crippen molar-refractivity contribution in [3.8, 4) is 11.5 Å². The fourth-order valence-corrected chi connectivity index (χ4v) is 2.60. The summed E-state index contributed by atoms with van der Waals surface area (Å²) in [5.74, 6) is 0.272. The zero-order chi connectivity index (χ0) is 16.5. The van der Waals surface area contributed by atoms with Crippen LogP contribution in [0.3, 0.4) is 0 Å². The van der Waals surface area contributed by atoms with Gasteiger partial charge in [0, 0.05) is 22.7 Å². The molecule has 6 nitrogen and oxygen atoms in total. The molecule has 0 spiro atoms. The summed E-state index contributed by atoms with van der Waals surface area (Å²) in [6, 6.07) is 12.3. The second-order valence-electron chi connectivity index (χ2n) is 5.32. The third kappa shape index (κ3) is 2.48. The predicted octanol–water partition coefficient (Wildman–Crippen LogP) is 2.94. The van der Waals surface area contributed by atoms with Crippen LogP contribution in [-0.4, -0.2) is 30.1 Å². The molecule has 0 saturated heterocycles. The number of esters is 1. The highest BCUT2D eigenvalue weighted by Crippen LogP contribution is 2.32. The third-order valence-corrected chi connectivity index (χ3v) is 3.84. The zero-order valence-electron chi connectivity index (χ0n) is 12.6. The Morgan fingerprint density at radius 2 is 1.92 bits per heavy atom. The van der Waals surface area contributed by atoms with Gasteiger partial charge in [-0.25, -0.2) is 4.79 Å². The number of rotatable bonds is 4. The number of aromatic amines is 1. The van der Waals surface area contributed by atoms with Crippen LogP contribution in [0.15, 0.2) is 48.7 Å². The quantitative estimate of drug-likeness (QED) is 0.590. The van der Waals surface area contributed by atoms with Crippen LogP contribution < -0.4 is 9.47 Å². The number of ketones is 1. The van der Waals surface area contributed by atoms with Crippen molar-refractivity contribution in [3.63, 3.8) is 0 Å². The number of H-pyrrole nitrogens is 1. The molecule has 1 N–H and O–H groups in total. The zero-order valence-corrected chi connectivity index (χ0v) is 12.6. The van der Waals surface area contributed by atoms with Crippen LogP contribution in [0.25, 0.3) is 10.9 Å². The molecule has 0 unspecified atom stereocenters. The number of ether oxygens (including phenoxy) is 3. The van der Waals surface area contributed by atoms with E-state index in [0.717, 1.165) is 10.9 Å². The van der Waals surface area contributed by atoms with Gasteiger partial charge >= 0.3 is 5.97 Å². The lowest BCUT2D eigenvalue weighted by molar-refractivity contribution is 0.0476. The molecule has 6 heteroatoms. The summed E-state index contributed by atoms with van der Waals surface area (Å²) >= 11 is 0. The van der Waals surface area contributed by atoms with E-state index in [9.17, 15) is 9.59 Å². The summed E-state index contributed by atoms with van der Waals surface area (Å²) in [5.41, 5.74) is 1.65. The molecule has 120 valence electrons. The van der Waals surface area contributed by atoms with Crippen LogP contribution in [-0.2, 0) is 4.74 Å². The smallest absolute Gasteiger partial charge is 0.340 e. The van der Waals surface area contributed by atoms with Crippen LogP contribution in [0, 0.1) is 0 Å². The number of nitrogens with one attached hydrogen (secondary N) is 1. The Bertz CT molecular complexity index is 943. The van der Waals surface area contributed by atoms with Gasteiger partial charge in [-0.1, -0.05) is 18.2 Å². The maximum absolute atomic E-state index is 12.2. The average molecular weight is 323 g/mol. The Morgan fingerprint density at radius 1 is 1.08 bits per heavy atom. The van der Waals surface area contributed by atoms with Crippen molar-refractivity contribution in [1.29, 1.82) is 0 Å². The first-order chi connectivity index (χ1) is 11.7. The highest BCUT2D eigenvalue weighted by atomic mass is 16.7. The van der Waals surface area contributed by atoms with Gasteiger partial charge in [-0.15, -0.1) is 0 Å². The molecular weight excluding hydrogens is 310 g/mol. The van der Waals surface area contributed by atoms with Crippen LogP contribution in [0.1, 0.15) is 20.7 Å². The molecule has 0 radical (unpaired) electrons. The van der Waals surface area contributed by atoms with Crippen LogP contribution in [0.4, 0.5) is 0 Å². The number of hydrogen-bond donors (Lipinski definition) is 1. The maximum atomic E-state index is 12.2. The van der Waals surface area contributed by atoms with Crippen molar-refractivity contribution in [2.24, 2.45) is 0 Å². The Morgan fingerprint density at radius 3 is 2.83 bits per heavy atom. The molecular formula is C18H13NO5. The Kier molecular flexibility index (Phi) is 3.42. The van der Waals surface area contributed by atoms with Gasteiger partial charge in [0.25, 0.3) is 0 Å². The van der Waals surface area contributed by atoms with Gasteiger partial charge in [0.05, 0.1) is 5.56 Å². The first-order valence-corrected chi connectivity index (χ1v) is 7.38. The van der Waals surface area contributed by atoms with Crippen LogP contribution >= 0.6 is 0 Å². The van der Waals surface area contributed by atoms with Crippen LogP contribution in [0.2, 0.25) is 0 Å². The molecule has 0 amide bonds. The monoisotopic (exact) mass is 323 g/mol. The lowest BCUT2D eigenvalue weighted by Gasteiger charge is -2.04. The molecule has 4 rings (SSSR count). The second kappa shape index (κ2) is 5.73. The topological polar surface area (TPSA) is 77.6 Å². The average Bonchev–Trinajstić information content (AvgIpc) is 3.25. The highest BCUT2D eigenvalue weighted by Gasteiger charge is 2.18. The molecule has 24 heavy (non-hydrogen) atoms. The minimum absolute atomic E-state index is 0.141. The van der Waals surface area contributed by atoms with Gasteiger partial charge in [-0.3, -0.25) is 4.79 Å². The fraction of sp³-hybridized carbons (Fsp3) is 0.111. The third-order valence-electron chi connectivity index (χ3n) is 3.84. The molecule has 2 heterocycles. The van der Waals surface area contributed by atoms with Crippen molar-refractivity contribution in [1.82, 2.24) is 4.98 Å². The second-order valence-corrected chi connectivity index (χ2v) is 5.32. The summed E-state index contributed by atoms with van der Waals surface area (Å²) in [4.78, 5) is 27.4. The SMILES string of the molecule is O=C(COC(=O)c1c[nH]c2ccccc12)c1ccc2c(c1)OCO2. The predicted molar refractivity (Wildman–Crippen MR) is 85.5 cm³/mol. The molecule has 0 bridgehead atoms. The number of benzene rings is 2. The van der Waals surface area contributed by atoms with E-state index >= 15 is 0 Å². The maximum Gasteiger partial charge on any atom is 0.340 e. The summed E-state index contributed by atoms with van der Waals surface area (Å²) in [6.45, 7) is -0.194. The molecule has 1 aromatic heterocycles. The molecule has 0 atom stereocenters. The van der Waals surface area contributed by atoms with E-state index in [4.69, 9.17) is 14.2 Å². The Hall–Kier alpha value is -3.28. The summed E-state index contributed by atoms with van der Waals surface area (Å²) < 4.78 is 15.6. The van der Waals surface area contributed by atoms with Crippen molar-refractivity contribution in [2.45, 2.75) is 0 Å². The molecule has 1 aliphatic rings. The van der Waals surface area contributed by atoms with Crippen molar-refractivity contribution in [3.05, 3.63) is 59.8 Å². The van der Waals surface area contributed by atoms with E-state index < -0.39 is 5.97 Å². The van der Waals surface area contributed by atoms with Gasteiger partial charge in [0.2, 0.25) is 6.79 Å². The Labute approximate surface area is 136 Å². The van der Waals surface area contributed by atoms with E-state index in [0.29, 0.717) is 22.6 Å². The van der Waals surface area contributed by atoms with Crippen molar-refractivity contribution in [2.75, 3.05) is 13.4 Å². The molecule has 3 aromatic rings. The van der Waals surface area contributed by atoms with Crippen LogP contribution in [0.5, 0.6) is 11.5 Å². The minimum Gasteiger partial charge on any atom is -0.454 e. The standard InChI is InChI=1S/C18H13NO5/c20-15(11-5-6-16-17(7-11)24-10-23-16)9-22-18(21)13-8-19-14-4-2-1-3-12(13)14/h1-8,19H,9-10H2. The van der Waals surface area contributed by atoms with Gasteiger partial charge in [0.1, 0.15) is 0 Å². The van der Waals surface area contributed by atoms with Crippen molar-refractivity contribution < 1.29 is 23.8 Å². The van der Waals surface area contributed by atoms with E-state index in [-0.39, 0.29) is 19.2 Å². The summed E-state index contributed by atoms with van der Waals surface area (Å²) in [6.07, 6.45) is 1.58. The summed E-state index contributed by atoms with van der Waals surface area (Å²) in [5, 5.41) is 0.762. The first kappa shape index (κ1) is 14.3. The number of carbonyl (C=O) groups excluding carboxylic acids is 2. The highest BCUT2D eigenvalue weighted by molar-refractivity contribution is 6.05. The largest absolute Gasteiger partial charge is 0.454 e. The van der Waals surface area contributed by atoms with E-state index in [2.05, 4.69) is 4.98 Å². The number of Topliss-reactive ketones (excluding diaryl/α,β-unsaturated/α-hetero) is 1.